The van der Waals surface area contributed by atoms with Crippen LogP contribution in [-0.4, -0.2) is 38.5 Å². The average molecular weight is 404 g/mol. The fraction of sp³-hybridized carbons (Fsp3) is 0.231. The predicted octanol–water partition coefficient (Wildman–Crippen LogP) is 2.12. The molecule has 0 aliphatic rings. The molecule has 0 saturated heterocycles. The number of benzene rings is 1. The van der Waals surface area contributed by atoms with Crippen LogP contribution in [0.3, 0.4) is 0 Å². The summed E-state index contributed by atoms with van der Waals surface area (Å²) in [4.78, 5) is 12.0. The van der Waals surface area contributed by atoms with Gasteiger partial charge in [-0.2, -0.15) is 0 Å². The van der Waals surface area contributed by atoms with Gasteiger partial charge in [0.25, 0.3) is 5.91 Å². The molecule has 0 unspecified atom stereocenters. The molecule has 8 nitrogen and oxygen atoms in total. The van der Waals surface area contributed by atoms with Crippen molar-refractivity contribution in [2.24, 2.45) is 5.16 Å². The number of carbonyl (C=O) groups is 1. The van der Waals surface area contributed by atoms with E-state index in [2.05, 4.69) is 31.1 Å². The lowest BCUT2D eigenvalue weighted by Crippen LogP contribution is -2.18. The van der Waals surface area contributed by atoms with Gasteiger partial charge in [0.15, 0.2) is 5.76 Å². The number of hydrogen-bond donors (Lipinski definition) is 3. The highest BCUT2D eigenvalue weighted by Crippen LogP contribution is 2.34. The molecule has 0 aliphatic carbocycles. The van der Waals surface area contributed by atoms with Crippen molar-refractivity contribution in [2.45, 2.75) is 6.92 Å². The lowest BCUT2D eigenvalue weighted by atomic mass is 10.1. The van der Waals surface area contributed by atoms with Crippen molar-refractivity contribution in [3.8, 4) is 0 Å². The number of oxime groups is 1. The van der Waals surface area contributed by atoms with Gasteiger partial charge in [0.2, 0.25) is 10.0 Å². The summed E-state index contributed by atoms with van der Waals surface area (Å²) in [5.74, 6) is -0.446. The average Bonchev–Trinajstić information content (AvgIpc) is 2.84. The lowest BCUT2D eigenvalue weighted by molar-refractivity contribution is 0.0963. The minimum Gasteiger partial charge on any atom is -0.454 e. The number of nitrogens with zero attached hydrogens (tertiary/aromatic N) is 1. The predicted molar refractivity (Wildman–Crippen MR) is 89.8 cm³/mol. The van der Waals surface area contributed by atoms with Crippen LogP contribution >= 0.6 is 15.9 Å². The number of sulfonamides is 1. The molecule has 2 rings (SSSR count). The Morgan fingerprint density at radius 1 is 1.48 bits per heavy atom. The van der Waals surface area contributed by atoms with Gasteiger partial charge in [-0.3, -0.25) is 9.52 Å². The summed E-state index contributed by atoms with van der Waals surface area (Å²) in [5, 5.41) is 14.5. The summed E-state index contributed by atoms with van der Waals surface area (Å²) in [7, 11) is -2.01. The van der Waals surface area contributed by atoms with E-state index in [9.17, 15) is 13.2 Å². The Bertz CT molecular complexity index is 889. The van der Waals surface area contributed by atoms with Crippen molar-refractivity contribution >= 4 is 54.7 Å². The Morgan fingerprint density at radius 2 is 2.17 bits per heavy atom. The maximum atomic E-state index is 12.0. The third-order valence-electron chi connectivity index (χ3n) is 3.08. The van der Waals surface area contributed by atoms with Crippen molar-refractivity contribution in [1.29, 1.82) is 0 Å². The van der Waals surface area contributed by atoms with Gasteiger partial charge in [-0.25, -0.2) is 8.42 Å². The summed E-state index contributed by atoms with van der Waals surface area (Å²) in [5.41, 5.74) is 0.741. The summed E-state index contributed by atoms with van der Waals surface area (Å²) in [6.07, 6.45) is 0.994. The summed E-state index contributed by atoms with van der Waals surface area (Å²) < 4.78 is 31.8. The monoisotopic (exact) mass is 403 g/mol. The van der Waals surface area contributed by atoms with Gasteiger partial charge in [0.1, 0.15) is 11.8 Å². The number of carbonyl (C=O) groups excluding carboxylic acids is 1. The highest BCUT2D eigenvalue weighted by atomic mass is 79.9. The van der Waals surface area contributed by atoms with Crippen molar-refractivity contribution in [1.82, 2.24) is 5.32 Å². The summed E-state index contributed by atoms with van der Waals surface area (Å²) >= 11 is 3.27. The second kappa shape index (κ2) is 6.59. The largest absolute Gasteiger partial charge is 0.454 e. The molecule has 2 aromatic rings. The van der Waals surface area contributed by atoms with Gasteiger partial charge < -0.3 is 14.9 Å². The molecule has 0 spiro atoms. The van der Waals surface area contributed by atoms with E-state index in [1.165, 1.54) is 20.0 Å². The molecule has 3 N–H and O–H groups in total. The minimum absolute atomic E-state index is 0.0595. The fourth-order valence-electron chi connectivity index (χ4n) is 1.96. The number of fused-ring (bicyclic) bond motifs is 1. The van der Waals surface area contributed by atoms with Gasteiger partial charge in [0, 0.05) is 23.0 Å². The summed E-state index contributed by atoms with van der Waals surface area (Å²) in [6, 6.07) is 3.01. The maximum Gasteiger partial charge on any atom is 0.255 e. The molecule has 1 aromatic heterocycles. The molecule has 0 saturated carbocycles. The Hall–Kier alpha value is -2.07. The number of amides is 1. The zero-order valence-electron chi connectivity index (χ0n) is 12.3. The lowest BCUT2D eigenvalue weighted by Gasteiger charge is -2.08. The Balaban J connectivity index is 2.68. The van der Waals surface area contributed by atoms with Crippen LogP contribution in [0.2, 0.25) is 0 Å². The molecular weight excluding hydrogens is 390 g/mol. The number of furan rings is 1. The topological polar surface area (TPSA) is 121 Å². The molecule has 0 bridgehead atoms. The van der Waals surface area contributed by atoms with Gasteiger partial charge in [-0.15, -0.1) is 0 Å². The van der Waals surface area contributed by atoms with Crippen molar-refractivity contribution < 1.29 is 22.8 Å². The molecule has 0 atom stereocenters. The van der Waals surface area contributed by atoms with Crippen molar-refractivity contribution in [3.63, 3.8) is 0 Å². The van der Waals surface area contributed by atoms with Crippen LogP contribution < -0.4 is 10.0 Å². The van der Waals surface area contributed by atoms with Crippen LogP contribution in [0, 0.1) is 0 Å². The van der Waals surface area contributed by atoms with E-state index >= 15 is 0 Å². The van der Waals surface area contributed by atoms with E-state index in [4.69, 9.17) is 9.62 Å². The van der Waals surface area contributed by atoms with Crippen LogP contribution in [0.4, 0.5) is 5.69 Å². The third kappa shape index (κ3) is 3.48. The number of hydrogen-bond acceptors (Lipinski definition) is 6. The number of nitrogens with one attached hydrogen (secondary N) is 2. The Kier molecular flexibility index (Phi) is 4.95. The quantitative estimate of drug-likeness (QED) is 0.401. The first-order chi connectivity index (χ1) is 10.8. The maximum absolute atomic E-state index is 12.0. The molecule has 23 heavy (non-hydrogen) atoms. The van der Waals surface area contributed by atoms with Gasteiger partial charge in [-0.1, -0.05) is 5.16 Å². The zero-order valence-corrected chi connectivity index (χ0v) is 14.7. The second-order valence-corrected chi connectivity index (χ2v) is 7.36. The van der Waals surface area contributed by atoms with Crippen LogP contribution in [0.5, 0.6) is 0 Å². The van der Waals surface area contributed by atoms with Crippen LogP contribution in [0.25, 0.3) is 11.0 Å². The molecule has 1 heterocycles. The first kappa shape index (κ1) is 17.3. The van der Waals surface area contributed by atoms with Crippen molar-refractivity contribution in [2.75, 3.05) is 17.5 Å². The van der Waals surface area contributed by atoms with E-state index in [0.29, 0.717) is 9.86 Å². The van der Waals surface area contributed by atoms with Gasteiger partial charge in [-0.05, 0) is 28.9 Å². The first-order valence-corrected chi connectivity index (χ1v) is 8.93. The smallest absolute Gasteiger partial charge is 0.255 e. The Morgan fingerprint density at radius 3 is 2.74 bits per heavy atom. The number of rotatable bonds is 5. The van der Waals surface area contributed by atoms with E-state index < -0.39 is 15.9 Å². The van der Waals surface area contributed by atoms with E-state index in [1.54, 1.807) is 6.07 Å². The van der Waals surface area contributed by atoms with Crippen LogP contribution in [0.15, 0.2) is 26.2 Å². The first-order valence-electron chi connectivity index (χ1n) is 6.49. The zero-order chi connectivity index (χ0) is 17.2. The van der Waals surface area contributed by atoms with Gasteiger partial charge >= 0.3 is 0 Å². The highest BCUT2D eigenvalue weighted by Gasteiger charge is 2.21. The van der Waals surface area contributed by atoms with Crippen LogP contribution in [0.1, 0.15) is 23.0 Å². The third-order valence-corrected chi connectivity index (χ3v) is 5.03. The molecule has 0 aliphatic heterocycles. The second-order valence-electron chi connectivity index (χ2n) is 4.50. The standard InChI is InChI=1S/C13H14BrN3O5S/c1-3-23(20,21)17-9-5-10-7(4-8(9)14)12(13(18)15-2)11(22-10)6-16-19/h4-6,17,19H,3H2,1-2H3,(H,15,18)/b16-6-. The van der Waals surface area contributed by atoms with E-state index in [1.807, 2.05) is 0 Å². The molecule has 0 fully saturated rings. The SMILES string of the molecule is CCS(=O)(=O)Nc1cc2oc(/C=N\O)c(C(=O)NC)c2cc1Br. The molecule has 10 heteroatoms. The number of anilines is 1. The Labute approximate surface area is 140 Å². The van der Waals surface area contributed by atoms with E-state index in [0.717, 1.165) is 6.21 Å². The van der Waals surface area contributed by atoms with E-state index in [-0.39, 0.29) is 28.3 Å². The van der Waals surface area contributed by atoms with Gasteiger partial charge in [0.05, 0.1) is 17.0 Å². The molecule has 124 valence electrons. The normalized spacial score (nSPS) is 12.0. The molecule has 0 radical (unpaired) electrons. The molecular formula is C13H14BrN3O5S. The summed E-state index contributed by atoms with van der Waals surface area (Å²) in [6.45, 7) is 1.52. The minimum atomic E-state index is -3.47. The number of halogens is 1. The van der Waals surface area contributed by atoms with Crippen LogP contribution in [-0.2, 0) is 10.0 Å². The fourth-order valence-corrected chi connectivity index (χ4v) is 3.18. The van der Waals surface area contributed by atoms with Crippen molar-refractivity contribution in [3.05, 3.63) is 27.9 Å². The molecule has 1 aromatic carbocycles. The molecule has 1 amide bonds. The highest BCUT2D eigenvalue weighted by molar-refractivity contribution is 9.10.